The van der Waals surface area contributed by atoms with Crippen molar-refractivity contribution in [3.63, 3.8) is 0 Å². The summed E-state index contributed by atoms with van der Waals surface area (Å²) in [6.45, 7) is 0. The molecular weight excluding hydrogens is 833 g/mol. The summed E-state index contributed by atoms with van der Waals surface area (Å²) in [5.74, 6) is 1.92. The fourth-order valence-electron chi connectivity index (χ4n) is 12.8. The summed E-state index contributed by atoms with van der Waals surface area (Å²) in [6, 6.07) is 94.7. The Morgan fingerprint density at radius 3 is 1.22 bits per heavy atom. The van der Waals surface area contributed by atoms with Crippen molar-refractivity contribution in [3.8, 4) is 33.8 Å². The largest absolute Gasteiger partial charge is 0.455 e. The lowest BCUT2D eigenvalue weighted by atomic mass is 9.62. The van der Waals surface area contributed by atoms with Gasteiger partial charge in [-0.1, -0.05) is 249 Å². The lowest BCUT2D eigenvalue weighted by Crippen LogP contribution is -2.37. The van der Waals surface area contributed by atoms with Gasteiger partial charge in [-0.2, -0.15) is 0 Å². The first-order chi connectivity index (χ1) is 34.2. The molecule has 14 rings (SSSR count). The van der Waals surface area contributed by atoms with Crippen molar-refractivity contribution >= 4 is 43.1 Å². The standard InChI is InChI=1S/C68H46O/c1-4-20-45(21-5-1)43-67(63-57-31-14-10-26-51(57)53-28-12-16-33-59(53)65(63)69-66-60-34-17-13-29-54(60)52-27-11-15-32-58(52)64(66)67)44-46-36-38-47(39-37-46)48-40-41-56-55-30-18-19-35-61(55)68(62(56)42-48,49-22-6-2-7-23-49)50-24-8-3-9-25-50/h1-42H,43-44H2. The van der Waals surface area contributed by atoms with Gasteiger partial charge in [-0.15, -0.1) is 0 Å². The summed E-state index contributed by atoms with van der Waals surface area (Å²) in [5.41, 5.74) is 14.3. The Labute approximate surface area is 402 Å². The second-order valence-corrected chi connectivity index (χ2v) is 19.1. The molecule has 0 saturated heterocycles. The number of ether oxygens (including phenoxy) is 1. The number of rotatable bonds is 7. The van der Waals surface area contributed by atoms with Gasteiger partial charge in [-0.05, 0) is 107 Å². The van der Waals surface area contributed by atoms with Gasteiger partial charge in [0, 0.05) is 27.3 Å². The fraction of sp³-hybridized carbons (Fsp3) is 0.0588. The van der Waals surface area contributed by atoms with Gasteiger partial charge in [0.2, 0.25) is 0 Å². The van der Waals surface area contributed by atoms with Crippen molar-refractivity contribution in [3.05, 3.63) is 299 Å². The van der Waals surface area contributed by atoms with E-state index in [4.69, 9.17) is 4.74 Å². The van der Waals surface area contributed by atoms with Crippen LogP contribution in [0.1, 0.15) is 44.5 Å². The maximum Gasteiger partial charge on any atom is 0.140 e. The second-order valence-electron chi connectivity index (χ2n) is 19.1. The quantitative estimate of drug-likeness (QED) is 0.145. The predicted molar refractivity (Wildman–Crippen MR) is 287 cm³/mol. The monoisotopic (exact) mass is 878 g/mol. The van der Waals surface area contributed by atoms with Crippen LogP contribution in [0, 0.1) is 0 Å². The molecule has 1 nitrogen and oxygen atoms in total. The van der Waals surface area contributed by atoms with Crippen LogP contribution in [-0.2, 0) is 23.7 Å². The van der Waals surface area contributed by atoms with Crippen LogP contribution in [0.25, 0.3) is 65.3 Å². The lowest BCUT2D eigenvalue weighted by Gasteiger charge is -2.43. The molecule has 2 aliphatic rings. The van der Waals surface area contributed by atoms with Crippen LogP contribution >= 0.6 is 0 Å². The summed E-state index contributed by atoms with van der Waals surface area (Å²) in [5, 5.41) is 9.67. The molecule has 12 aromatic carbocycles. The first-order valence-corrected chi connectivity index (χ1v) is 24.3. The van der Waals surface area contributed by atoms with Gasteiger partial charge < -0.3 is 4.74 Å². The van der Waals surface area contributed by atoms with Crippen LogP contribution in [-0.4, -0.2) is 0 Å². The Bertz CT molecular complexity index is 3800. The molecule has 0 bridgehead atoms. The summed E-state index contributed by atoms with van der Waals surface area (Å²) >= 11 is 0. The highest BCUT2D eigenvalue weighted by Crippen LogP contribution is 2.61. The summed E-state index contributed by atoms with van der Waals surface area (Å²) < 4.78 is 7.57. The molecule has 324 valence electrons. The van der Waals surface area contributed by atoms with Gasteiger partial charge in [0.15, 0.2) is 0 Å². The van der Waals surface area contributed by atoms with Gasteiger partial charge in [0.05, 0.1) is 5.41 Å². The first-order valence-electron chi connectivity index (χ1n) is 24.3. The lowest BCUT2D eigenvalue weighted by molar-refractivity contribution is 0.399. The highest BCUT2D eigenvalue weighted by molar-refractivity contribution is 6.17. The molecule has 1 aliphatic carbocycles. The van der Waals surface area contributed by atoms with E-state index < -0.39 is 10.8 Å². The third-order valence-electron chi connectivity index (χ3n) is 15.5. The average molecular weight is 879 g/mol. The van der Waals surface area contributed by atoms with E-state index in [9.17, 15) is 0 Å². The molecule has 0 N–H and O–H groups in total. The molecule has 0 radical (unpaired) electrons. The third kappa shape index (κ3) is 5.84. The second kappa shape index (κ2) is 15.5. The molecule has 1 heterocycles. The summed E-state index contributed by atoms with van der Waals surface area (Å²) in [4.78, 5) is 0. The van der Waals surface area contributed by atoms with E-state index in [1.165, 1.54) is 99.1 Å². The minimum absolute atomic E-state index is 0.460. The molecule has 0 fully saturated rings. The Balaban J connectivity index is 0.996. The highest BCUT2D eigenvalue weighted by atomic mass is 16.5. The van der Waals surface area contributed by atoms with Crippen LogP contribution in [0.15, 0.2) is 255 Å². The number of hydrogen-bond donors (Lipinski definition) is 0. The van der Waals surface area contributed by atoms with Gasteiger partial charge in [0.1, 0.15) is 11.5 Å². The molecule has 1 heteroatoms. The predicted octanol–water partition coefficient (Wildman–Crippen LogP) is 17.2. The van der Waals surface area contributed by atoms with E-state index in [0.29, 0.717) is 0 Å². The molecule has 0 saturated carbocycles. The zero-order valence-corrected chi connectivity index (χ0v) is 38.1. The van der Waals surface area contributed by atoms with Gasteiger partial charge in [0.25, 0.3) is 0 Å². The Morgan fingerprint density at radius 2 is 0.681 bits per heavy atom. The van der Waals surface area contributed by atoms with Crippen molar-refractivity contribution in [2.75, 3.05) is 0 Å². The van der Waals surface area contributed by atoms with E-state index in [1.807, 2.05) is 0 Å². The van der Waals surface area contributed by atoms with Crippen LogP contribution in [0.2, 0.25) is 0 Å². The molecule has 0 atom stereocenters. The zero-order valence-electron chi connectivity index (χ0n) is 38.1. The molecule has 1 aliphatic heterocycles. The van der Waals surface area contributed by atoms with Crippen molar-refractivity contribution in [1.29, 1.82) is 0 Å². The Hall–Kier alpha value is -8.52. The van der Waals surface area contributed by atoms with Crippen LogP contribution < -0.4 is 4.74 Å². The van der Waals surface area contributed by atoms with Crippen molar-refractivity contribution < 1.29 is 4.74 Å². The molecule has 12 aromatic rings. The van der Waals surface area contributed by atoms with Crippen molar-refractivity contribution in [1.82, 2.24) is 0 Å². The number of fused-ring (bicyclic) bond motifs is 15. The van der Waals surface area contributed by atoms with E-state index in [2.05, 4.69) is 255 Å². The van der Waals surface area contributed by atoms with Gasteiger partial charge in [-0.25, -0.2) is 0 Å². The van der Waals surface area contributed by atoms with Crippen molar-refractivity contribution in [2.45, 2.75) is 23.7 Å². The van der Waals surface area contributed by atoms with E-state index >= 15 is 0 Å². The first kappa shape index (κ1) is 39.6. The maximum absolute atomic E-state index is 7.57. The topological polar surface area (TPSA) is 9.23 Å². The van der Waals surface area contributed by atoms with E-state index in [1.54, 1.807) is 0 Å². The maximum atomic E-state index is 7.57. The van der Waals surface area contributed by atoms with Crippen LogP contribution in [0.5, 0.6) is 11.5 Å². The minimum Gasteiger partial charge on any atom is -0.455 e. The van der Waals surface area contributed by atoms with Crippen LogP contribution in [0.4, 0.5) is 0 Å². The number of benzene rings is 12. The fourth-order valence-corrected chi connectivity index (χ4v) is 12.8. The normalized spacial score (nSPS) is 14.0. The van der Waals surface area contributed by atoms with Crippen LogP contribution in [0.3, 0.4) is 0 Å². The molecule has 0 spiro atoms. The molecule has 0 aromatic heterocycles. The Kier molecular flexibility index (Phi) is 8.91. The smallest absolute Gasteiger partial charge is 0.140 e. The van der Waals surface area contributed by atoms with Gasteiger partial charge >= 0.3 is 0 Å². The van der Waals surface area contributed by atoms with Crippen molar-refractivity contribution in [2.24, 2.45) is 0 Å². The Morgan fingerprint density at radius 1 is 0.290 bits per heavy atom. The highest BCUT2D eigenvalue weighted by Gasteiger charge is 2.48. The number of hydrogen-bond acceptors (Lipinski definition) is 1. The summed E-state index contributed by atoms with van der Waals surface area (Å²) in [7, 11) is 0. The summed E-state index contributed by atoms with van der Waals surface area (Å²) in [6.07, 6.45) is 1.55. The molecular formula is C68H46O. The minimum atomic E-state index is -0.538. The molecule has 0 amide bonds. The van der Waals surface area contributed by atoms with E-state index in [-0.39, 0.29) is 0 Å². The third-order valence-corrected chi connectivity index (χ3v) is 15.5. The molecule has 69 heavy (non-hydrogen) atoms. The van der Waals surface area contributed by atoms with Gasteiger partial charge in [-0.3, -0.25) is 0 Å². The van der Waals surface area contributed by atoms with E-state index in [0.717, 1.165) is 35.1 Å². The zero-order chi connectivity index (χ0) is 45.5. The molecule has 0 unspecified atom stereocenters. The SMILES string of the molecule is c1ccc(CC2(Cc3ccc(-c4ccc5c(c4)C(c4ccccc4)(c4ccccc4)c4ccccc4-5)cc3)c3c(c4ccccc4c4ccccc34)Oc3c2c2ccccc2c2ccccc32)cc1. The average Bonchev–Trinajstić information content (AvgIpc) is 3.72.